The largest absolute Gasteiger partial charge is 0.313 e. The van der Waals surface area contributed by atoms with E-state index >= 15 is 0 Å². The number of likely N-dealkylation sites (tertiary alicyclic amines) is 1. The number of nitrogens with zero attached hydrogens (tertiary/aromatic N) is 1. The van der Waals surface area contributed by atoms with Crippen LogP contribution in [-0.2, 0) is 0 Å². The summed E-state index contributed by atoms with van der Waals surface area (Å²) >= 11 is 0. The highest BCUT2D eigenvalue weighted by Crippen LogP contribution is 2.14. The second-order valence-electron chi connectivity index (χ2n) is 5.44. The third kappa shape index (κ3) is 5.31. The van der Waals surface area contributed by atoms with Crippen LogP contribution in [0.25, 0.3) is 0 Å². The summed E-state index contributed by atoms with van der Waals surface area (Å²) in [6, 6.07) is 1.49. The van der Waals surface area contributed by atoms with E-state index in [1.165, 1.54) is 58.0 Å². The molecule has 0 amide bonds. The third-order valence-corrected chi connectivity index (χ3v) is 3.86. The van der Waals surface area contributed by atoms with E-state index in [1.807, 2.05) is 0 Å². The van der Waals surface area contributed by atoms with Crippen molar-refractivity contribution in [2.75, 3.05) is 20.1 Å². The first-order valence-electron chi connectivity index (χ1n) is 7.17. The molecule has 2 heteroatoms. The Balaban J connectivity index is 1.99. The summed E-state index contributed by atoms with van der Waals surface area (Å²) in [7, 11) is 2.26. The minimum absolute atomic E-state index is 0.700. The molecule has 0 radical (unpaired) electrons. The lowest BCUT2D eigenvalue weighted by Crippen LogP contribution is -2.39. The molecule has 1 aliphatic rings. The van der Waals surface area contributed by atoms with E-state index in [2.05, 4.69) is 31.1 Å². The number of hydrogen-bond donors (Lipinski definition) is 1. The van der Waals surface area contributed by atoms with Gasteiger partial charge in [-0.1, -0.05) is 32.6 Å². The molecule has 2 unspecified atom stereocenters. The lowest BCUT2D eigenvalue weighted by Gasteiger charge is -2.22. The number of nitrogens with one attached hydrogen (secondary N) is 1. The first-order chi connectivity index (χ1) is 7.74. The Morgan fingerprint density at radius 1 is 1.31 bits per heavy atom. The molecule has 2 atom stereocenters. The number of rotatable bonds is 8. The second kappa shape index (κ2) is 8.08. The van der Waals surface area contributed by atoms with Gasteiger partial charge in [-0.3, -0.25) is 0 Å². The predicted molar refractivity (Wildman–Crippen MR) is 71.9 cm³/mol. The molecule has 1 fully saturated rings. The molecule has 16 heavy (non-hydrogen) atoms. The first kappa shape index (κ1) is 14.0. The summed E-state index contributed by atoms with van der Waals surface area (Å²) < 4.78 is 0. The Bertz CT molecular complexity index is 170. The van der Waals surface area contributed by atoms with Crippen molar-refractivity contribution in [3.63, 3.8) is 0 Å². The molecular weight excluding hydrogens is 196 g/mol. The van der Waals surface area contributed by atoms with Gasteiger partial charge < -0.3 is 10.2 Å². The Morgan fingerprint density at radius 2 is 2.12 bits per heavy atom. The molecule has 1 N–H and O–H groups in total. The Morgan fingerprint density at radius 3 is 2.75 bits per heavy atom. The highest BCUT2D eigenvalue weighted by atomic mass is 15.2. The van der Waals surface area contributed by atoms with E-state index in [9.17, 15) is 0 Å². The van der Waals surface area contributed by atoms with E-state index in [1.54, 1.807) is 0 Å². The molecular formula is C14H30N2. The van der Waals surface area contributed by atoms with Crippen molar-refractivity contribution in [2.24, 2.45) is 0 Å². The lowest BCUT2D eigenvalue weighted by molar-refractivity contribution is 0.290. The van der Waals surface area contributed by atoms with Crippen LogP contribution in [0.15, 0.2) is 0 Å². The molecule has 0 aromatic rings. The van der Waals surface area contributed by atoms with E-state index in [4.69, 9.17) is 0 Å². The Kier molecular flexibility index (Phi) is 7.06. The van der Waals surface area contributed by atoms with Crippen LogP contribution < -0.4 is 5.32 Å². The first-order valence-corrected chi connectivity index (χ1v) is 7.17. The van der Waals surface area contributed by atoms with Crippen molar-refractivity contribution in [3.8, 4) is 0 Å². The maximum atomic E-state index is 3.69. The standard InChI is InChI=1S/C14H30N2/c1-4-5-6-7-9-13(2)15-12-14-10-8-11-16(14)3/h13-15H,4-12H2,1-3H3. The van der Waals surface area contributed by atoms with Gasteiger partial charge in [-0.2, -0.15) is 0 Å². The summed E-state index contributed by atoms with van der Waals surface area (Å²) in [4.78, 5) is 2.50. The van der Waals surface area contributed by atoms with E-state index in [-0.39, 0.29) is 0 Å². The number of likely N-dealkylation sites (N-methyl/N-ethyl adjacent to an activating group) is 1. The lowest BCUT2D eigenvalue weighted by atomic mass is 10.1. The second-order valence-corrected chi connectivity index (χ2v) is 5.44. The molecule has 1 rings (SSSR count). The van der Waals surface area contributed by atoms with Crippen LogP contribution in [0, 0.1) is 0 Å². The monoisotopic (exact) mass is 226 g/mol. The van der Waals surface area contributed by atoms with Crippen LogP contribution in [0.5, 0.6) is 0 Å². The summed E-state index contributed by atoms with van der Waals surface area (Å²) in [5.74, 6) is 0. The van der Waals surface area contributed by atoms with E-state index in [0.29, 0.717) is 6.04 Å². The van der Waals surface area contributed by atoms with Crippen molar-refractivity contribution in [1.29, 1.82) is 0 Å². The smallest absolute Gasteiger partial charge is 0.0218 e. The topological polar surface area (TPSA) is 15.3 Å². The van der Waals surface area contributed by atoms with Gasteiger partial charge in [0, 0.05) is 18.6 Å². The van der Waals surface area contributed by atoms with Crippen molar-refractivity contribution >= 4 is 0 Å². The van der Waals surface area contributed by atoms with Gasteiger partial charge in [0.25, 0.3) is 0 Å². The van der Waals surface area contributed by atoms with E-state index in [0.717, 1.165) is 6.04 Å². The minimum Gasteiger partial charge on any atom is -0.313 e. The van der Waals surface area contributed by atoms with Gasteiger partial charge in [-0.15, -0.1) is 0 Å². The maximum absolute atomic E-state index is 3.69. The molecule has 1 saturated heterocycles. The van der Waals surface area contributed by atoms with Crippen LogP contribution in [0.1, 0.15) is 58.8 Å². The van der Waals surface area contributed by atoms with Gasteiger partial charge >= 0.3 is 0 Å². The van der Waals surface area contributed by atoms with Crippen LogP contribution in [0.3, 0.4) is 0 Å². The van der Waals surface area contributed by atoms with Crippen LogP contribution in [0.2, 0.25) is 0 Å². The van der Waals surface area contributed by atoms with Gasteiger partial charge in [0.2, 0.25) is 0 Å². The Hall–Kier alpha value is -0.0800. The van der Waals surface area contributed by atoms with E-state index < -0.39 is 0 Å². The quantitative estimate of drug-likeness (QED) is 0.640. The predicted octanol–water partition coefficient (Wildman–Crippen LogP) is 3.03. The average molecular weight is 226 g/mol. The summed E-state index contributed by atoms with van der Waals surface area (Å²) in [6.07, 6.45) is 9.65. The van der Waals surface area contributed by atoms with Gasteiger partial charge in [-0.05, 0) is 39.8 Å². The van der Waals surface area contributed by atoms with Crippen molar-refractivity contribution < 1.29 is 0 Å². The van der Waals surface area contributed by atoms with Gasteiger partial charge in [0.15, 0.2) is 0 Å². The average Bonchev–Trinajstić information content (AvgIpc) is 2.67. The van der Waals surface area contributed by atoms with Crippen LogP contribution >= 0.6 is 0 Å². The summed E-state index contributed by atoms with van der Waals surface area (Å²) in [5.41, 5.74) is 0. The molecule has 1 aliphatic heterocycles. The molecule has 0 aromatic carbocycles. The normalized spacial score (nSPS) is 23.8. The molecule has 0 spiro atoms. The highest BCUT2D eigenvalue weighted by molar-refractivity contribution is 4.79. The van der Waals surface area contributed by atoms with Crippen LogP contribution in [0.4, 0.5) is 0 Å². The fraction of sp³-hybridized carbons (Fsp3) is 1.00. The SMILES string of the molecule is CCCCCCC(C)NCC1CCCN1C. The fourth-order valence-electron chi connectivity index (χ4n) is 2.55. The zero-order valence-electron chi connectivity index (χ0n) is 11.5. The number of hydrogen-bond acceptors (Lipinski definition) is 2. The maximum Gasteiger partial charge on any atom is 0.0218 e. The van der Waals surface area contributed by atoms with Gasteiger partial charge in [0.1, 0.15) is 0 Å². The molecule has 1 heterocycles. The fourth-order valence-corrected chi connectivity index (χ4v) is 2.55. The molecule has 96 valence electrons. The molecule has 0 aromatic heterocycles. The van der Waals surface area contributed by atoms with Crippen molar-refractivity contribution in [3.05, 3.63) is 0 Å². The van der Waals surface area contributed by atoms with Gasteiger partial charge in [0.05, 0.1) is 0 Å². The van der Waals surface area contributed by atoms with Crippen LogP contribution in [-0.4, -0.2) is 37.1 Å². The zero-order valence-corrected chi connectivity index (χ0v) is 11.5. The van der Waals surface area contributed by atoms with Crippen molar-refractivity contribution in [1.82, 2.24) is 10.2 Å². The highest BCUT2D eigenvalue weighted by Gasteiger charge is 2.20. The molecule has 2 nitrogen and oxygen atoms in total. The van der Waals surface area contributed by atoms with Crippen molar-refractivity contribution in [2.45, 2.75) is 70.9 Å². The summed E-state index contributed by atoms with van der Waals surface area (Å²) in [6.45, 7) is 7.08. The van der Waals surface area contributed by atoms with Gasteiger partial charge in [-0.25, -0.2) is 0 Å². The molecule has 0 bridgehead atoms. The number of unbranched alkanes of at least 4 members (excludes halogenated alkanes) is 3. The summed E-state index contributed by atoms with van der Waals surface area (Å²) in [5, 5.41) is 3.69. The minimum atomic E-state index is 0.700. The molecule has 0 aliphatic carbocycles. The molecule has 0 saturated carbocycles. The Labute approximate surface area is 102 Å². The third-order valence-electron chi connectivity index (χ3n) is 3.86. The zero-order chi connectivity index (χ0) is 11.8.